The number of aromatic nitrogens is 6. The second-order valence-corrected chi connectivity index (χ2v) is 8.87. The van der Waals surface area contributed by atoms with Gasteiger partial charge in [-0.1, -0.05) is 30.4 Å². The maximum atomic E-state index is 4.75. The van der Waals surface area contributed by atoms with E-state index in [1.165, 1.54) is 9.75 Å². The molecule has 5 aromatic heterocycles. The number of nitrogens with zero attached hydrogens (tertiary/aromatic N) is 4. The highest BCUT2D eigenvalue weighted by molar-refractivity contribution is 7.15. The number of aromatic amines is 2. The van der Waals surface area contributed by atoms with Crippen LogP contribution in [0.15, 0.2) is 67.0 Å². The van der Waals surface area contributed by atoms with Gasteiger partial charge in [-0.15, -0.1) is 11.3 Å². The van der Waals surface area contributed by atoms with Crippen LogP contribution in [0.25, 0.3) is 49.7 Å². The lowest BCUT2D eigenvalue weighted by molar-refractivity contribution is 1.09. The van der Waals surface area contributed by atoms with Crippen LogP contribution >= 0.6 is 11.3 Å². The molecule has 0 spiro atoms. The zero-order chi connectivity index (χ0) is 22.2. The van der Waals surface area contributed by atoms with Crippen molar-refractivity contribution >= 4 is 39.1 Å². The highest BCUT2D eigenvalue weighted by atomic mass is 32.1. The number of allylic oxidation sites excluding steroid dienone is 5. The van der Waals surface area contributed by atoms with Gasteiger partial charge in [0.1, 0.15) is 5.69 Å². The van der Waals surface area contributed by atoms with Crippen molar-refractivity contribution in [1.29, 1.82) is 0 Å². The van der Waals surface area contributed by atoms with E-state index in [1.807, 2.05) is 32.2 Å². The number of fused-ring (bicyclic) bond motifs is 2. The molecule has 0 fully saturated rings. The second-order valence-electron chi connectivity index (χ2n) is 7.58. The first-order chi connectivity index (χ1) is 15.6. The van der Waals surface area contributed by atoms with Gasteiger partial charge in [-0.25, -0.2) is 15.0 Å². The van der Waals surface area contributed by atoms with E-state index in [4.69, 9.17) is 4.98 Å². The lowest BCUT2D eigenvalue weighted by Gasteiger charge is -2.03. The summed E-state index contributed by atoms with van der Waals surface area (Å²) in [7, 11) is 0. The Kier molecular flexibility index (Phi) is 5.03. The average Bonchev–Trinajstić information content (AvgIpc) is 3.53. The maximum Gasteiger partial charge on any atom is 0.181 e. The maximum absolute atomic E-state index is 4.75. The molecule has 0 saturated heterocycles. The molecule has 158 valence electrons. The molecule has 5 rings (SSSR count). The number of hydrogen-bond acceptors (Lipinski definition) is 5. The highest BCUT2D eigenvalue weighted by Crippen LogP contribution is 2.34. The number of rotatable bonds is 5. The molecule has 0 atom stereocenters. The second kappa shape index (κ2) is 8.01. The number of aryl methyl sites for hydroxylation is 1. The lowest BCUT2D eigenvalue weighted by Crippen LogP contribution is -1.87. The fourth-order valence-electron chi connectivity index (χ4n) is 3.69. The number of nitrogens with one attached hydrogen (secondary N) is 2. The third kappa shape index (κ3) is 3.46. The molecule has 0 bridgehead atoms. The van der Waals surface area contributed by atoms with Gasteiger partial charge in [0.15, 0.2) is 17.1 Å². The molecule has 0 aliphatic carbocycles. The molecule has 0 saturated carbocycles. The molecular formula is C25H22N6S. The minimum atomic E-state index is 0.645. The van der Waals surface area contributed by atoms with Gasteiger partial charge < -0.3 is 4.98 Å². The van der Waals surface area contributed by atoms with Gasteiger partial charge in [-0.05, 0) is 50.6 Å². The smallest absolute Gasteiger partial charge is 0.181 e. The van der Waals surface area contributed by atoms with Gasteiger partial charge in [0.25, 0.3) is 0 Å². The van der Waals surface area contributed by atoms with Crippen LogP contribution in [-0.4, -0.2) is 30.1 Å². The molecule has 32 heavy (non-hydrogen) atoms. The van der Waals surface area contributed by atoms with Crippen LogP contribution in [0.3, 0.4) is 0 Å². The molecule has 6 nitrogen and oxygen atoms in total. The number of imidazole rings is 1. The van der Waals surface area contributed by atoms with E-state index in [-0.39, 0.29) is 0 Å². The van der Waals surface area contributed by atoms with Crippen molar-refractivity contribution in [2.24, 2.45) is 0 Å². The Morgan fingerprint density at radius 1 is 1.16 bits per heavy atom. The first-order valence-corrected chi connectivity index (χ1v) is 11.1. The summed E-state index contributed by atoms with van der Waals surface area (Å²) in [5, 5.41) is 8.40. The number of pyridine rings is 2. The zero-order valence-corrected chi connectivity index (χ0v) is 18.9. The van der Waals surface area contributed by atoms with Gasteiger partial charge in [-0.3, -0.25) is 5.10 Å². The topological polar surface area (TPSA) is 83.1 Å². The monoisotopic (exact) mass is 438 g/mol. The summed E-state index contributed by atoms with van der Waals surface area (Å²) < 4.78 is 0. The Labute approximate surface area is 189 Å². The van der Waals surface area contributed by atoms with Crippen LogP contribution < -0.4 is 0 Å². The third-order valence-corrected chi connectivity index (χ3v) is 6.43. The normalized spacial score (nSPS) is 12.7. The van der Waals surface area contributed by atoms with Crippen LogP contribution in [0.4, 0.5) is 0 Å². The van der Waals surface area contributed by atoms with E-state index in [1.54, 1.807) is 17.5 Å². The lowest BCUT2D eigenvalue weighted by atomic mass is 10.0. The third-order valence-electron chi connectivity index (χ3n) is 5.39. The Morgan fingerprint density at radius 3 is 2.78 bits per heavy atom. The van der Waals surface area contributed by atoms with Crippen LogP contribution in [-0.2, 0) is 0 Å². The van der Waals surface area contributed by atoms with Crippen molar-refractivity contribution in [3.63, 3.8) is 0 Å². The van der Waals surface area contributed by atoms with Crippen molar-refractivity contribution in [2.45, 2.75) is 20.8 Å². The van der Waals surface area contributed by atoms with Gasteiger partial charge in [0.05, 0.1) is 10.9 Å². The highest BCUT2D eigenvalue weighted by Gasteiger charge is 2.17. The fourth-order valence-corrected chi connectivity index (χ4v) is 4.59. The van der Waals surface area contributed by atoms with Crippen LogP contribution in [0.1, 0.15) is 24.3 Å². The van der Waals surface area contributed by atoms with Crippen molar-refractivity contribution in [2.75, 3.05) is 0 Å². The zero-order valence-electron chi connectivity index (χ0n) is 18.1. The van der Waals surface area contributed by atoms with Crippen molar-refractivity contribution in [3.8, 4) is 22.0 Å². The van der Waals surface area contributed by atoms with Crippen molar-refractivity contribution in [1.82, 2.24) is 30.1 Å². The summed E-state index contributed by atoms with van der Waals surface area (Å²) in [5.41, 5.74) is 7.29. The fraction of sp³-hybridized carbons (Fsp3) is 0.120. The molecular weight excluding hydrogens is 416 g/mol. The minimum Gasteiger partial charge on any atom is -0.335 e. The summed E-state index contributed by atoms with van der Waals surface area (Å²) in [6.07, 6.45) is 9.64. The molecule has 0 unspecified atom stereocenters. The first-order valence-electron chi connectivity index (χ1n) is 10.3. The summed E-state index contributed by atoms with van der Waals surface area (Å²) in [5.74, 6) is 0.689. The number of thiophene rings is 1. The van der Waals surface area contributed by atoms with Crippen LogP contribution in [0.2, 0.25) is 0 Å². The van der Waals surface area contributed by atoms with Crippen molar-refractivity contribution in [3.05, 3.63) is 77.5 Å². The minimum absolute atomic E-state index is 0.645. The van der Waals surface area contributed by atoms with E-state index in [0.717, 1.165) is 38.9 Å². The summed E-state index contributed by atoms with van der Waals surface area (Å²) >= 11 is 1.75. The molecule has 0 radical (unpaired) electrons. The van der Waals surface area contributed by atoms with Crippen LogP contribution in [0.5, 0.6) is 0 Å². The average molecular weight is 439 g/mol. The van der Waals surface area contributed by atoms with Gasteiger partial charge in [-0.2, -0.15) is 5.10 Å². The summed E-state index contributed by atoms with van der Waals surface area (Å²) in [6, 6.07) is 8.37. The van der Waals surface area contributed by atoms with Gasteiger partial charge >= 0.3 is 0 Å². The van der Waals surface area contributed by atoms with Gasteiger partial charge in [0, 0.05) is 33.3 Å². The Bertz CT molecular complexity index is 1530. The van der Waals surface area contributed by atoms with E-state index >= 15 is 0 Å². The Morgan fingerprint density at radius 2 is 2.03 bits per heavy atom. The molecule has 0 aliphatic heterocycles. The standard InChI is InChI=1S/C25H22N6S/c1-5-14(3)11-16(6-2)17-12-19-22(30-31-23(19)27-13-17)25-28-21-18(9-10-26-24(21)29-25)20-8-7-15(4)32-20/h5-13H,1H2,2-4H3,(H,26,28,29)(H,27,30,31)/b14-11-,16-6+. The molecule has 0 amide bonds. The van der Waals surface area contributed by atoms with E-state index in [2.05, 4.69) is 69.0 Å². The largest absolute Gasteiger partial charge is 0.335 e. The molecule has 0 aliphatic rings. The summed E-state index contributed by atoms with van der Waals surface area (Å²) in [6.45, 7) is 10.00. The van der Waals surface area contributed by atoms with E-state index in [0.29, 0.717) is 17.1 Å². The molecule has 5 heterocycles. The summed E-state index contributed by atoms with van der Waals surface area (Å²) in [4.78, 5) is 19.7. The SMILES string of the molecule is C=C/C(C)=C\C(=C/C)c1cnc2n[nH]c(-c3nc4nccc(-c5ccc(C)s5)c4[nH]3)c2c1. The quantitative estimate of drug-likeness (QED) is 0.308. The Hall–Kier alpha value is -3.84. The van der Waals surface area contributed by atoms with Gasteiger partial charge in [0.2, 0.25) is 0 Å². The first kappa shape index (κ1) is 20.1. The molecule has 7 heteroatoms. The van der Waals surface area contributed by atoms with E-state index in [9.17, 15) is 0 Å². The molecule has 5 aromatic rings. The Balaban J connectivity index is 1.64. The predicted octanol–water partition coefficient (Wildman–Crippen LogP) is 6.47. The predicted molar refractivity (Wildman–Crippen MR) is 132 cm³/mol. The molecule has 0 aromatic carbocycles. The number of H-pyrrole nitrogens is 2. The van der Waals surface area contributed by atoms with Crippen LogP contribution in [0, 0.1) is 6.92 Å². The van der Waals surface area contributed by atoms with E-state index < -0.39 is 0 Å². The van der Waals surface area contributed by atoms with Crippen molar-refractivity contribution < 1.29 is 0 Å². The molecule has 2 N–H and O–H groups in total. The number of hydrogen-bond donors (Lipinski definition) is 2.